The predicted molar refractivity (Wildman–Crippen MR) is 67.5 cm³/mol. The number of aromatic nitrogens is 3. The molecule has 0 fully saturated rings. The molecule has 0 aliphatic heterocycles. The Kier molecular flexibility index (Phi) is 3.61. The third kappa shape index (κ3) is 2.62. The minimum Gasteiger partial charge on any atom is -0.248 e. The van der Waals surface area contributed by atoms with Crippen molar-refractivity contribution in [3.05, 3.63) is 46.2 Å². The number of hydrogen-bond donors (Lipinski definition) is 0. The number of benzene rings is 1. The van der Waals surface area contributed by atoms with E-state index >= 15 is 0 Å². The largest absolute Gasteiger partial charge is 0.248 e. The summed E-state index contributed by atoms with van der Waals surface area (Å²) < 4.78 is 2.86. The van der Waals surface area contributed by atoms with Gasteiger partial charge in [-0.2, -0.15) is 0 Å². The molecule has 1 heterocycles. The second kappa shape index (κ2) is 4.97. The highest BCUT2D eigenvalue weighted by Crippen LogP contribution is 2.18. The van der Waals surface area contributed by atoms with E-state index in [9.17, 15) is 0 Å². The molecule has 16 heavy (non-hydrogen) atoms. The molecule has 0 aliphatic rings. The summed E-state index contributed by atoms with van der Waals surface area (Å²) in [5, 5.41) is 7.94. The second-order valence-corrected chi connectivity index (χ2v) is 5.06. The SMILES string of the molecule is CC(Cl)c1cn(Cc2ccccc2Br)nn1. The Balaban J connectivity index is 2.18. The van der Waals surface area contributed by atoms with E-state index in [0.29, 0.717) is 6.54 Å². The fraction of sp³-hybridized carbons (Fsp3) is 0.273. The molecule has 0 saturated heterocycles. The van der Waals surface area contributed by atoms with Gasteiger partial charge in [0.15, 0.2) is 0 Å². The van der Waals surface area contributed by atoms with Crippen molar-refractivity contribution in [1.82, 2.24) is 15.0 Å². The maximum Gasteiger partial charge on any atom is 0.100 e. The lowest BCUT2D eigenvalue weighted by atomic mass is 10.2. The Morgan fingerprint density at radius 1 is 1.44 bits per heavy atom. The van der Waals surface area contributed by atoms with Crippen molar-refractivity contribution in [3.63, 3.8) is 0 Å². The maximum absolute atomic E-state index is 5.93. The van der Waals surface area contributed by atoms with E-state index in [1.54, 1.807) is 4.68 Å². The minimum atomic E-state index is -0.104. The first kappa shape index (κ1) is 11.6. The maximum atomic E-state index is 5.93. The number of nitrogens with zero attached hydrogens (tertiary/aromatic N) is 3. The van der Waals surface area contributed by atoms with Gasteiger partial charge in [0.05, 0.1) is 18.1 Å². The first-order chi connectivity index (χ1) is 7.66. The van der Waals surface area contributed by atoms with Gasteiger partial charge in [0.2, 0.25) is 0 Å². The smallest absolute Gasteiger partial charge is 0.100 e. The van der Waals surface area contributed by atoms with E-state index in [4.69, 9.17) is 11.6 Å². The molecule has 1 aromatic heterocycles. The molecular weight excluding hydrogens is 289 g/mol. The van der Waals surface area contributed by atoms with Crippen LogP contribution in [0.25, 0.3) is 0 Å². The molecule has 2 aromatic rings. The van der Waals surface area contributed by atoms with Gasteiger partial charge < -0.3 is 0 Å². The van der Waals surface area contributed by atoms with E-state index in [2.05, 4.69) is 32.3 Å². The van der Waals surface area contributed by atoms with Crippen LogP contribution in [0.4, 0.5) is 0 Å². The van der Waals surface area contributed by atoms with Gasteiger partial charge in [-0.3, -0.25) is 0 Å². The van der Waals surface area contributed by atoms with Gasteiger partial charge in [0.25, 0.3) is 0 Å². The average molecular weight is 301 g/mol. The van der Waals surface area contributed by atoms with Crippen LogP contribution >= 0.6 is 27.5 Å². The Labute approximate surface area is 108 Å². The van der Waals surface area contributed by atoms with E-state index in [-0.39, 0.29) is 5.38 Å². The van der Waals surface area contributed by atoms with E-state index in [0.717, 1.165) is 10.2 Å². The lowest BCUT2D eigenvalue weighted by Gasteiger charge is -2.03. The Morgan fingerprint density at radius 2 is 2.19 bits per heavy atom. The van der Waals surface area contributed by atoms with Crippen molar-refractivity contribution in [2.75, 3.05) is 0 Å². The lowest BCUT2D eigenvalue weighted by Crippen LogP contribution is -2.00. The Morgan fingerprint density at radius 3 is 2.81 bits per heavy atom. The van der Waals surface area contributed by atoms with Gasteiger partial charge in [-0.1, -0.05) is 39.3 Å². The fourth-order valence-electron chi connectivity index (χ4n) is 1.37. The fourth-order valence-corrected chi connectivity index (χ4v) is 1.88. The minimum absolute atomic E-state index is 0.104. The van der Waals surface area contributed by atoms with Crippen LogP contribution < -0.4 is 0 Å². The molecule has 1 aromatic carbocycles. The molecule has 0 radical (unpaired) electrons. The Bertz CT molecular complexity index is 482. The van der Waals surface area contributed by atoms with Gasteiger partial charge in [-0.05, 0) is 18.6 Å². The van der Waals surface area contributed by atoms with Crippen molar-refractivity contribution in [3.8, 4) is 0 Å². The molecule has 2 rings (SSSR count). The van der Waals surface area contributed by atoms with Crippen LogP contribution in [0.3, 0.4) is 0 Å². The van der Waals surface area contributed by atoms with Crippen LogP contribution in [0.1, 0.15) is 23.6 Å². The summed E-state index contributed by atoms with van der Waals surface area (Å²) in [6, 6.07) is 8.05. The molecule has 0 N–H and O–H groups in total. The number of halogens is 2. The van der Waals surface area contributed by atoms with Crippen LogP contribution in [0, 0.1) is 0 Å². The molecular formula is C11H11BrClN3. The monoisotopic (exact) mass is 299 g/mol. The van der Waals surface area contributed by atoms with Crippen LogP contribution in [0.2, 0.25) is 0 Å². The summed E-state index contributed by atoms with van der Waals surface area (Å²) in [5.41, 5.74) is 1.97. The van der Waals surface area contributed by atoms with Crippen LogP contribution in [0.5, 0.6) is 0 Å². The third-order valence-electron chi connectivity index (χ3n) is 2.25. The molecule has 0 amide bonds. The van der Waals surface area contributed by atoms with Crippen molar-refractivity contribution in [1.29, 1.82) is 0 Å². The summed E-state index contributed by atoms with van der Waals surface area (Å²) in [6.07, 6.45) is 1.87. The number of rotatable bonds is 3. The highest BCUT2D eigenvalue weighted by Gasteiger charge is 2.07. The summed E-state index contributed by atoms with van der Waals surface area (Å²) in [5.74, 6) is 0. The van der Waals surface area contributed by atoms with Crippen molar-refractivity contribution < 1.29 is 0 Å². The zero-order valence-corrected chi connectivity index (χ0v) is 11.1. The second-order valence-electron chi connectivity index (χ2n) is 3.55. The molecule has 1 atom stereocenters. The Hall–Kier alpha value is -0.870. The standard InChI is InChI=1S/C11H11BrClN3/c1-8(13)11-7-16(15-14-11)6-9-4-2-3-5-10(9)12/h2-5,7-8H,6H2,1H3. The van der Waals surface area contributed by atoms with Crippen LogP contribution in [0.15, 0.2) is 34.9 Å². The predicted octanol–water partition coefficient (Wildman–Crippen LogP) is 3.39. The van der Waals surface area contributed by atoms with E-state index in [1.807, 2.05) is 31.3 Å². The lowest BCUT2D eigenvalue weighted by molar-refractivity contribution is 0.647. The number of alkyl halides is 1. The van der Waals surface area contributed by atoms with Crippen LogP contribution in [-0.4, -0.2) is 15.0 Å². The van der Waals surface area contributed by atoms with Gasteiger partial charge in [0.1, 0.15) is 5.69 Å². The van der Waals surface area contributed by atoms with Gasteiger partial charge in [-0.15, -0.1) is 16.7 Å². The molecule has 5 heteroatoms. The quantitative estimate of drug-likeness (QED) is 0.814. The summed E-state index contributed by atoms with van der Waals surface area (Å²) in [7, 11) is 0. The van der Waals surface area contributed by atoms with Crippen molar-refractivity contribution >= 4 is 27.5 Å². The van der Waals surface area contributed by atoms with E-state index < -0.39 is 0 Å². The van der Waals surface area contributed by atoms with Gasteiger partial charge >= 0.3 is 0 Å². The zero-order valence-electron chi connectivity index (χ0n) is 8.77. The number of hydrogen-bond acceptors (Lipinski definition) is 2. The molecule has 0 saturated carbocycles. The van der Waals surface area contributed by atoms with Gasteiger partial charge in [0, 0.05) is 4.47 Å². The first-order valence-electron chi connectivity index (χ1n) is 4.94. The van der Waals surface area contributed by atoms with Crippen LogP contribution in [-0.2, 0) is 6.54 Å². The highest BCUT2D eigenvalue weighted by molar-refractivity contribution is 9.10. The molecule has 3 nitrogen and oxygen atoms in total. The molecule has 0 bridgehead atoms. The molecule has 84 valence electrons. The first-order valence-corrected chi connectivity index (χ1v) is 6.17. The van der Waals surface area contributed by atoms with Gasteiger partial charge in [-0.25, -0.2) is 4.68 Å². The normalized spacial score (nSPS) is 12.7. The van der Waals surface area contributed by atoms with Crippen molar-refractivity contribution in [2.24, 2.45) is 0 Å². The topological polar surface area (TPSA) is 30.7 Å². The summed E-state index contributed by atoms with van der Waals surface area (Å²) >= 11 is 9.43. The summed E-state index contributed by atoms with van der Waals surface area (Å²) in [6.45, 7) is 2.58. The third-order valence-corrected chi connectivity index (χ3v) is 3.25. The summed E-state index contributed by atoms with van der Waals surface area (Å²) in [4.78, 5) is 0. The molecule has 0 spiro atoms. The van der Waals surface area contributed by atoms with Crippen molar-refractivity contribution in [2.45, 2.75) is 18.8 Å². The zero-order chi connectivity index (χ0) is 11.5. The molecule has 1 unspecified atom stereocenters. The highest BCUT2D eigenvalue weighted by atomic mass is 79.9. The average Bonchev–Trinajstić information content (AvgIpc) is 2.70. The van der Waals surface area contributed by atoms with E-state index in [1.165, 1.54) is 5.56 Å². The molecule has 0 aliphatic carbocycles.